The van der Waals surface area contributed by atoms with Gasteiger partial charge in [-0.15, -0.1) is 0 Å². The number of nitrogen functional groups attached to an aromatic ring is 1. The SMILES string of the molecule is CCC(CC)(CO)CNc1ncnc(N)c1Br. The number of hydrogen-bond acceptors (Lipinski definition) is 5. The Bertz CT molecular complexity index is 360. The number of nitrogens with one attached hydrogen (secondary N) is 1. The van der Waals surface area contributed by atoms with Crippen LogP contribution < -0.4 is 11.1 Å². The standard InChI is InChI=1S/C11H19BrN4O/c1-3-11(4-2,6-17)5-14-10-8(12)9(13)15-7-16-10/h7,17H,3-6H2,1-2H3,(H3,13,14,15,16). The summed E-state index contributed by atoms with van der Waals surface area (Å²) < 4.78 is 0.666. The fourth-order valence-electron chi connectivity index (χ4n) is 1.56. The quantitative estimate of drug-likeness (QED) is 0.749. The highest BCUT2D eigenvalue weighted by Crippen LogP contribution is 2.29. The van der Waals surface area contributed by atoms with Crippen molar-refractivity contribution < 1.29 is 5.11 Å². The lowest BCUT2D eigenvalue weighted by Gasteiger charge is -2.29. The number of anilines is 2. The van der Waals surface area contributed by atoms with E-state index in [1.165, 1.54) is 6.33 Å². The van der Waals surface area contributed by atoms with Gasteiger partial charge in [-0.25, -0.2) is 9.97 Å². The lowest BCUT2D eigenvalue weighted by atomic mass is 9.83. The zero-order valence-corrected chi connectivity index (χ0v) is 11.8. The van der Waals surface area contributed by atoms with Crippen molar-refractivity contribution in [3.05, 3.63) is 10.8 Å². The normalized spacial score (nSPS) is 11.5. The first-order chi connectivity index (χ1) is 8.08. The van der Waals surface area contributed by atoms with Crippen LogP contribution in [0.4, 0.5) is 11.6 Å². The van der Waals surface area contributed by atoms with Crippen LogP contribution in [-0.4, -0.2) is 28.2 Å². The molecule has 1 rings (SSSR count). The average Bonchev–Trinajstić information content (AvgIpc) is 2.36. The summed E-state index contributed by atoms with van der Waals surface area (Å²) >= 11 is 3.34. The number of nitrogens with two attached hydrogens (primary N) is 1. The zero-order valence-electron chi connectivity index (χ0n) is 10.2. The summed E-state index contributed by atoms with van der Waals surface area (Å²) in [6.07, 6.45) is 3.23. The summed E-state index contributed by atoms with van der Waals surface area (Å²) in [7, 11) is 0. The molecule has 6 heteroatoms. The highest BCUT2D eigenvalue weighted by molar-refractivity contribution is 9.10. The number of hydrogen-bond donors (Lipinski definition) is 3. The monoisotopic (exact) mass is 302 g/mol. The summed E-state index contributed by atoms with van der Waals surface area (Å²) in [5, 5.41) is 12.7. The van der Waals surface area contributed by atoms with Crippen molar-refractivity contribution in [1.82, 2.24) is 9.97 Å². The minimum absolute atomic E-state index is 0.112. The van der Waals surface area contributed by atoms with Crippen molar-refractivity contribution in [3.63, 3.8) is 0 Å². The Morgan fingerprint density at radius 3 is 2.59 bits per heavy atom. The molecule has 4 N–H and O–H groups in total. The van der Waals surface area contributed by atoms with Crippen LogP contribution in [0.1, 0.15) is 26.7 Å². The van der Waals surface area contributed by atoms with Crippen molar-refractivity contribution in [3.8, 4) is 0 Å². The molecule has 0 fully saturated rings. The van der Waals surface area contributed by atoms with Crippen molar-refractivity contribution in [2.75, 3.05) is 24.2 Å². The van der Waals surface area contributed by atoms with Crippen LogP contribution in [0.3, 0.4) is 0 Å². The second-order valence-corrected chi connectivity index (χ2v) is 4.93. The number of halogens is 1. The molecule has 0 aromatic carbocycles. The molecular weight excluding hydrogens is 284 g/mol. The van der Waals surface area contributed by atoms with Gasteiger partial charge in [0.1, 0.15) is 22.4 Å². The number of nitrogens with zero attached hydrogens (tertiary/aromatic N) is 2. The Balaban J connectivity index is 2.75. The lowest BCUT2D eigenvalue weighted by Crippen LogP contribution is -2.32. The smallest absolute Gasteiger partial charge is 0.145 e. The van der Waals surface area contributed by atoms with Gasteiger partial charge in [-0.05, 0) is 28.8 Å². The van der Waals surface area contributed by atoms with Gasteiger partial charge in [0, 0.05) is 12.0 Å². The minimum Gasteiger partial charge on any atom is -0.396 e. The predicted molar refractivity (Wildman–Crippen MR) is 72.7 cm³/mol. The van der Waals surface area contributed by atoms with Gasteiger partial charge in [0.15, 0.2) is 0 Å². The maximum atomic E-state index is 9.47. The van der Waals surface area contributed by atoms with Crippen LogP contribution in [0.25, 0.3) is 0 Å². The van der Waals surface area contributed by atoms with Crippen LogP contribution in [0.15, 0.2) is 10.8 Å². The molecule has 5 nitrogen and oxygen atoms in total. The van der Waals surface area contributed by atoms with Crippen LogP contribution in [0.2, 0.25) is 0 Å². The van der Waals surface area contributed by atoms with Crippen molar-refractivity contribution in [1.29, 1.82) is 0 Å². The third-order valence-electron chi connectivity index (χ3n) is 3.28. The van der Waals surface area contributed by atoms with Gasteiger partial charge >= 0.3 is 0 Å². The molecule has 0 amide bonds. The van der Waals surface area contributed by atoms with Crippen LogP contribution in [0, 0.1) is 5.41 Å². The summed E-state index contributed by atoms with van der Waals surface area (Å²) in [6.45, 7) is 4.96. The van der Waals surface area contributed by atoms with E-state index in [0.717, 1.165) is 12.8 Å². The Labute approximate surface area is 110 Å². The molecule has 0 aliphatic rings. The van der Waals surface area contributed by atoms with E-state index >= 15 is 0 Å². The second kappa shape index (κ2) is 6.16. The third-order valence-corrected chi connectivity index (χ3v) is 4.06. The number of aliphatic hydroxyl groups excluding tert-OH is 1. The fourth-order valence-corrected chi connectivity index (χ4v) is 1.90. The molecular formula is C11H19BrN4O. The first kappa shape index (κ1) is 14.2. The van der Waals surface area contributed by atoms with Crippen molar-refractivity contribution in [2.45, 2.75) is 26.7 Å². The van der Waals surface area contributed by atoms with E-state index in [2.05, 4.69) is 45.1 Å². The molecule has 0 atom stereocenters. The molecule has 0 spiro atoms. The molecule has 0 unspecified atom stereocenters. The van der Waals surface area contributed by atoms with E-state index in [0.29, 0.717) is 22.7 Å². The minimum atomic E-state index is -0.112. The Morgan fingerprint density at radius 2 is 2.06 bits per heavy atom. The zero-order chi connectivity index (χ0) is 12.9. The van der Waals surface area contributed by atoms with E-state index in [-0.39, 0.29) is 12.0 Å². The Morgan fingerprint density at radius 1 is 1.41 bits per heavy atom. The predicted octanol–water partition coefficient (Wildman–Crippen LogP) is 2.03. The Kier molecular flexibility index (Phi) is 5.14. The Hall–Kier alpha value is -0.880. The molecule has 1 aromatic rings. The molecule has 17 heavy (non-hydrogen) atoms. The van der Waals surface area contributed by atoms with Crippen molar-refractivity contribution >= 4 is 27.6 Å². The molecule has 1 aromatic heterocycles. The first-order valence-electron chi connectivity index (χ1n) is 5.69. The maximum absolute atomic E-state index is 9.47. The highest BCUT2D eigenvalue weighted by Gasteiger charge is 2.25. The topological polar surface area (TPSA) is 84.1 Å². The number of aromatic nitrogens is 2. The third kappa shape index (κ3) is 3.29. The molecule has 0 radical (unpaired) electrons. The lowest BCUT2D eigenvalue weighted by molar-refractivity contribution is 0.127. The molecule has 0 saturated carbocycles. The van der Waals surface area contributed by atoms with E-state index in [9.17, 15) is 5.11 Å². The second-order valence-electron chi connectivity index (χ2n) is 4.14. The fraction of sp³-hybridized carbons (Fsp3) is 0.636. The molecule has 0 aliphatic heterocycles. The summed E-state index contributed by atoms with van der Waals surface area (Å²) in [4.78, 5) is 7.99. The number of aliphatic hydroxyl groups is 1. The summed E-state index contributed by atoms with van der Waals surface area (Å²) in [5.41, 5.74) is 5.56. The highest BCUT2D eigenvalue weighted by atomic mass is 79.9. The molecule has 0 aliphatic carbocycles. The molecule has 1 heterocycles. The van der Waals surface area contributed by atoms with Crippen LogP contribution in [-0.2, 0) is 0 Å². The van der Waals surface area contributed by atoms with Gasteiger partial charge in [-0.2, -0.15) is 0 Å². The summed E-state index contributed by atoms with van der Waals surface area (Å²) in [5.74, 6) is 1.07. The van der Waals surface area contributed by atoms with Gasteiger partial charge in [-0.3, -0.25) is 0 Å². The largest absolute Gasteiger partial charge is 0.396 e. The van der Waals surface area contributed by atoms with Crippen LogP contribution >= 0.6 is 15.9 Å². The van der Waals surface area contributed by atoms with Gasteiger partial charge in [-0.1, -0.05) is 13.8 Å². The van der Waals surface area contributed by atoms with Gasteiger partial charge in [0.2, 0.25) is 0 Å². The number of rotatable bonds is 6. The summed E-state index contributed by atoms with van der Waals surface area (Å²) in [6, 6.07) is 0. The molecule has 96 valence electrons. The van der Waals surface area contributed by atoms with E-state index in [1.54, 1.807) is 0 Å². The van der Waals surface area contributed by atoms with Gasteiger partial charge < -0.3 is 16.2 Å². The van der Waals surface area contributed by atoms with E-state index in [4.69, 9.17) is 5.73 Å². The van der Waals surface area contributed by atoms with Gasteiger partial charge in [0.25, 0.3) is 0 Å². The van der Waals surface area contributed by atoms with E-state index < -0.39 is 0 Å². The van der Waals surface area contributed by atoms with E-state index in [1.807, 2.05) is 0 Å². The molecule has 0 saturated heterocycles. The average molecular weight is 303 g/mol. The first-order valence-corrected chi connectivity index (χ1v) is 6.48. The van der Waals surface area contributed by atoms with Crippen molar-refractivity contribution in [2.24, 2.45) is 5.41 Å². The van der Waals surface area contributed by atoms with Crippen LogP contribution in [0.5, 0.6) is 0 Å². The van der Waals surface area contributed by atoms with Gasteiger partial charge in [0.05, 0.1) is 6.61 Å². The molecule has 0 bridgehead atoms. The maximum Gasteiger partial charge on any atom is 0.145 e.